The van der Waals surface area contributed by atoms with E-state index in [0.29, 0.717) is 22.9 Å². The average molecular weight is 190 g/mol. The number of nitrogens with zero attached hydrogens (tertiary/aromatic N) is 1. The number of pyridine rings is 1. The Hall–Kier alpha value is -2.17. The SMILES string of the molecule is O=Cc1c[nH]c2ccc(C(=O)O)nc12. The van der Waals surface area contributed by atoms with Gasteiger partial charge in [0.25, 0.3) is 0 Å². The largest absolute Gasteiger partial charge is 0.477 e. The highest BCUT2D eigenvalue weighted by molar-refractivity contribution is 5.97. The molecule has 0 radical (unpaired) electrons. The fourth-order valence-corrected chi connectivity index (χ4v) is 1.23. The van der Waals surface area contributed by atoms with Crippen molar-refractivity contribution >= 4 is 23.3 Å². The van der Waals surface area contributed by atoms with Crippen molar-refractivity contribution in [3.8, 4) is 0 Å². The number of carboxylic acids is 1. The summed E-state index contributed by atoms with van der Waals surface area (Å²) in [7, 11) is 0. The molecule has 0 aromatic carbocycles. The molecule has 0 saturated carbocycles. The highest BCUT2D eigenvalue weighted by Gasteiger charge is 2.09. The van der Waals surface area contributed by atoms with Crippen molar-refractivity contribution in [2.45, 2.75) is 0 Å². The molecule has 0 spiro atoms. The van der Waals surface area contributed by atoms with Gasteiger partial charge in [0.2, 0.25) is 0 Å². The fraction of sp³-hybridized carbons (Fsp3) is 0. The summed E-state index contributed by atoms with van der Waals surface area (Å²) in [5.74, 6) is -1.11. The van der Waals surface area contributed by atoms with Gasteiger partial charge >= 0.3 is 5.97 Å². The molecule has 0 aliphatic rings. The number of aromatic amines is 1. The minimum Gasteiger partial charge on any atom is -0.477 e. The number of H-pyrrole nitrogens is 1. The molecule has 14 heavy (non-hydrogen) atoms. The first-order valence-electron chi connectivity index (χ1n) is 3.89. The van der Waals surface area contributed by atoms with Crippen LogP contribution in [0.3, 0.4) is 0 Å². The van der Waals surface area contributed by atoms with E-state index in [2.05, 4.69) is 9.97 Å². The van der Waals surface area contributed by atoms with Crippen LogP contribution >= 0.6 is 0 Å². The van der Waals surface area contributed by atoms with Crippen LogP contribution < -0.4 is 0 Å². The lowest BCUT2D eigenvalue weighted by molar-refractivity contribution is 0.0690. The summed E-state index contributed by atoms with van der Waals surface area (Å²) in [4.78, 5) is 27.8. The first kappa shape index (κ1) is 8.43. The number of aromatic carboxylic acids is 1. The van der Waals surface area contributed by atoms with Gasteiger partial charge in [0.15, 0.2) is 6.29 Å². The third kappa shape index (κ3) is 1.15. The standard InChI is InChI=1S/C9H6N2O3/c12-4-5-3-10-6-1-2-7(9(13)14)11-8(5)6/h1-4,10H,(H,13,14). The molecule has 0 bridgehead atoms. The molecular formula is C9H6N2O3. The van der Waals surface area contributed by atoms with Gasteiger partial charge in [-0.15, -0.1) is 0 Å². The molecule has 0 aliphatic heterocycles. The number of aromatic nitrogens is 2. The molecule has 2 heterocycles. The number of fused-ring (bicyclic) bond motifs is 1. The number of carbonyl (C=O) groups is 2. The topological polar surface area (TPSA) is 83.0 Å². The van der Waals surface area contributed by atoms with Crippen LogP contribution in [0.5, 0.6) is 0 Å². The van der Waals surface area contributed by atoms with Crippen LogP contribution in [0.4, 0.5) is 0 Å². The van der Waals surface area contributed by atoms with Crippen LogP contribution in [0.1, 0.15) is 20.8 Å². The van der Waals surface area contributed by atoms with Gasteiger partial charge in [-0.1, -0.05) is 0 Å². The summed E-state index contributed by atoms with van der Waals surface area (Å²) in [6, 6.07) is 2.97. The van der Waals surface area contributed by atoms with E-state index < -0.39 is 5.97 Å². The van der Waals surface area contributed by atoms with E-state index in [9.17, 15) is 9.59 Å². The molecule has 0 atom stereocenters. The van der Waals surface area contributed by atoms with Gasteiger partial charge in [-0.05, 0) is 12.1 Å². The maximum Gasteiger partial charge on any atom is 0.354 e. The van der Waals surface area contributed by atoms with Crippen LogP contribution in [0.2, 0.25) is 0 Å². The van der Waals surface area contributed by atoms with Crippen molar-refractivity contribution in [2.75, 3.05) is 0 Å². The Morgan fingerprint density at radius 1 is 1.50 bits per heavy atom. The number of hydrogen-bond donors (Lipinski definition) is 2. The average Bonchev–Trinajstić information content (AvgIpc) is 2.59. The van der Waals surface area contributed by atoms with E-state index in [4.69, 9.17) is 5.11 Å². The molecule has 0 saturated heterocycles. The van der Waals surface area contributed by atoms with E-state index in [0.717, 1.165) is 0 Å². The van der Waals surface area contributed by atoms with E-state index in [-0.39, 0.29) is 5.69 Å². The summed E-state index contributed by atoms with van der Waals surface area (Å²) in [5.41, 5.74) is 1.33. The van der Waals surface area contributed by atoms with Gasteiger partial charge in [0.1, 0.15) is 5.69 Å². The van der Waals surface area contributed by atoms with Crippen molar-refractivity contribution in [3.05, 3.63) is 29.6 Å². The van der Waals surface area contributed by atoms with E-state index in [1.54, 1.807) is 6.07 Å². The molecule has 70 valence electrons. The molecular weight excluding hydrogens is 184 g/mol. The lowest BCUT2D eigenvalue weighted by Gasteiger charge is -1.93. The Morgan fingerprint density at radius 3 is 2.93 bits per heavy atom. The molecule has 0 unspecified atom stereocenters. The predicted molar refractivity (Wildman–Crippen MR) is 48.4 cm³/mol. The van der Waals surface area contributed by atoms with Crippen molar-refractivity contribution in [1.82, 2.24) is 9.97 Å². The summed E-state index contributed by atoms with van der Waals surface area (Å²) in [6.45, 7) is 0. The van der Waals surface area contributed by atoms with Crippen LogP contribution in [0.15, 0.2) is 18.3 Å². The van der Waals surface area contributed by atoms with Gasteiger partial charge in [-0.25, -0.2) is 9.78 Å². The Labute approximate surface area is 78.4 Å². The van der Waals surface area contributed by atoms with Gasteiger partial charge in [-0.2, -0.15) is 0 Å². The van der Waals surface area contributed by atoms with Gasteiger partial charge in [-0.3, -0.25) is 4.79 Å². The second kappa shape index (κ2) is 2.95. The smallest absolute Gasteiger partial charge is 0.354 e. The third-order valence-corrected chi connectivity index (χ3v) is 1.90. The minimum absolute atomic E-state index is 0.0693. The van der Waals surface area contributed by atoms with Crippen molar-refractivity contribution in [2.24, 2.45) is 0 Å². The van der Waals surface area contributed by atoms with Gasteiger partial charge in [0.05, 0.1) is 16.6 Å². The first-order valence-corrected chi connectivity index (χ1v) is 3.89. The quantitative estimate of drug-likeness (QED) is 0.694. The molecule has 2 rings (SSSR count). The first-order chi connectivity index (χ1) is 6.72. The van der Waals surface area contributed by atoms with Crippen molar-refractivity contribution in [1.29, 1.82) is 0 Å². The second-order valence-electron chi connectivity index (χ2n) is 2.76. The molecule has 0 aliphatic carbocycles. The number of rotatable bonds is 2. The molecule has 5 heteroatoms. The highest BCUT2D eigenvalue weighted by Crippen LogP contribution is 2.14. The number of nitrogens with one attached hydrogen (secondary N) is 1. The zero-order valence-corrected chi connectivity index (χ0v) is 7.02. The number of aldehydes is 1. The maximum atomic E-state index is 10.6. The molecule has 5 nitrogen and oxygen atoms in total. The molecule has 2 aromatic rings. The van der Waals surface area contributed by atoms with E-state index >= 15 is 0 Å². The summed E-state index contributed by atoms with van der Waals surface area (Å²) in [5, 5.41) is 8.68. The monoisotopic (exact) mass is 190 g/mol. The van der Waals surface area contributed by atoms with Crippen LogP contribution in [-0.2, 0) is 0 Å². The molecule has 2 aromatic heterocycles. The number of hydrogen-bond acceptors (Lipinski definition) is 3. The number of carboxylic acid groups (broad SMARTS) is 1. The Balaban J connectivity index is 2.73. The molecule has 2 N–H and O–H groups in total. The molecule has 0 amide bonds. The Bertz CT molecular complexity index is 516. The van der Waals surface area contributed by atoms with Crippen LogP contribution in [0.25, 0.3) is 11.0 Å². The minimum atomic E-state index is -1.11. The zero-order valence-electron chi connectivity index (χ0n) is 7.02. The highest BCUT2D eigenvalue weighted by atomic mass is 16.4. The van der Waals surface area contributed by atoms with Gasteiger partial charge in [0, 0.05) is 6.20 Å². The maximum absolute atomic E-state index is 10.6. The summed E-state index contributed by atoms with van der Waals surface area (Å²) in [6.07, 6.45) is 2.13. The zero-order chi connectivity index (χ0) is 10.1. The van der Waals surface area contributed by atoms with Crippen LogP contribution in [0, 0.1) is 0 Å². The normalized spacial score (nSPS) is 10.3. The Morgan fingerprint density at radius 2 is 2.29 bits per heavy atom. The van der Waals surface area contributed by atoms with Crippen molar-refractivity contribution < 1.29 is 14.7 Å². The van der Waals surface area contributed by atoms with E-state index in [1.165, 1.54) is 12.3 Å². The molecule has 0 fully saturated rings. The second-order valence-corrected chi connectivity index (χ2v) is 2.76. The lowest BCUT2D eigenvalue weighted by Crippen LogP contribution is -1.99. The van der Waals surface area contributed by atoms with Crippen molar-refractivity contribution in [3.63, 3.8) is 0 Å². The number of carbonyl (C=O) groups excluding carboxylic acids is 1. The summed E-state index contributed by atoms with van der Waals surface area (Å²) >= 11 is 0. The van der Waals surface area contributed by atoms with Gasteiger partial charge < -0.3 is 10.1 Å². The third-order valence-electron chi connectivity index (χ3n) is 1.90. The van der Waals surface area contributed by atoms with E-state index in [1.807, 2.05) is 0 Å². The van der Waals surface area contributed by atoms with Crippen LogP contribution in [-0.4, -0.2) is 27.3 Å². The lowest BCUT2D eigenvalue weighted by atomic mass is 10.2. The Kier molecular flexibility index (Phi) is 1.78. The fourth-order valence-electron chi connectivity index (χ4n) is 1.23. The summed E-state index contributed by atoms with van der Waals surface area (Å²) < 4.78 is 0. The predicted octanol–water partition coefficient (Wildman–Crippen LogP) is 1.07.